The molecule has 0 fully saturated rings. The monoisotopic (exact) mass is 255 g/mol. The summed E-state index contributed by atoms with van der Waals surface area (Å²) in [5.41, 5.74) is 8.85. The highest BCUT2D eigenvalue weighted by Crippen LogP contribution is 2.29. The van der Waals surface area contributed by atoms with Gasteiger partial charge in [0.15, 0.2) is 0 Å². The fourth-order valence-electron chi connectivity index (χ4n) is 2.40. The van der Waals surface area contributed by atoms with E-state index in [0.717, 1.165) is 22.2 Å². The van der Waals surface area contributed by atoms with Crippen molar-refractivity contribution < 1.29 is 4.39 Å². The van der Waals surface area contributed by atoms with Gasteiger partial charge < -0.3 is 10.7 Å². The highest BCUT2D eigenvalue weighted by molar-refractivity contribution is 5.80. The summed E-state index contributed by atoms with van der Waals surface area (Å²) in [4.78, 5) is 7.41. The number of rotatable bonds is 3. The molecule has 1 unspecified atom stereocenters. The number of hydrogen-bond donors (Lipinski definition) is 2. The molecule has 19 heavy (non-hydrogen) atoms. The molecule has 2 heterocycles. The molecule has 0 aliphatic carbocycles. The van der Waals surface area contributed by atoms with Crippen LogP contribution in [0.4, 0.5) is 4.39 Å². The number of halogens is 1. The first kappa shape index (κ1) is 11.9. The molecule has 0 radical (unpaired) electrons. The highest BCUT2D eigenvalue weighted by Gasteiger charge is 2.16. The van der Waals surface area contributed by atoms with Crippen LogP contribution >= 0.6 is 0 Å². The Morgan fingerprint density at radius 2 is 2.00 bits per heavy atom. The van der Waals surface area contributed by atoms with E-state index >= 15 is 0 Å². The lowest BCUT2D eigenvalue weighted by molar-refractivity contribution is 0.626. The topological polar surface area (TPSA) is 54.7 Å². The van der Waals surface area contributed by atoms with E-state index in [1.54, 1.807) is 18.3 Å². The van der Waals surface area contributed by atoms with E-state index in [9.17, 15) is 4.39 Å². The van der Waals surface area contributed by atoms with Crippen molar-refractivity contribution >= 4 is 11.0 Å². The van der Waals surface area contributed by atoms with E-state index in [1.807, 2.05) is 18.3 Å². The largest absolute Gasteiger partial charge is 0.346 e. The number of aromatic amines is 1. The van der Waals surface area contributed by atoms with Crippen LogP contribution in [0.2, 0.25) is 0 Å². The molecule has 0 saturated carbocycles. The van der Waals surface area contributed by atoms with Crippen molar-refractivity contribution in [2.24, 2.45) is 5.73 Å². The molecule has 96 valence electrons. The first-order valence-electron chi connectivity index (χ1n) is 6.17. The minimum absolute atomic E-state index is 0.0403. The van der Waals surface area contributed by atoms with E-state index in [0.29, 0.717) is 6.54 Å². The number of aromatic nitrogens is 2. The molecule has 3 nitrogen and oxygen atoms in total. The summed E-state index contributed by atoms with van der Waals surface area (Å²) in [5, 5.41) is 1.06. The summed E-state index contributed by atoms with van der Waals surface area (Å²) in [5.74, 6) is -0.196. The molecule has 1 aromatic carbocycles. The predicted molar refractivity (Wildman–Crippen MR) is 73.4 cm³/mol. The van der Waals surface area contributed by atoms with Crippen LogP contribution in [0.15, 0.2) is 48.8 Å². The average Bonchev–Trinajstić information content (AvgIpc) is 2.86. The van der Waals surface area contributed by atoms with Gasteiger partial charge in [0, 0.05) is 30.2 Å². The standard InChI is InChI=1S/C15H14FN3/c16-11-5-3-10(4-6-11)13(8-17)14-9-19-15-12(14)2-1-7-18-15/h1-7,9,13H,8,17H2,(H,18,19). The molecule has 0 aliphatic rings. The molecular weight excluding hydrogens is 241 g/mol. The SMILES string of the molecule is NCC(c1ccc(F)cc1)c1c[nH]c2ncccc12. The molecule has 0 spiro atoms. The first-order chi connectivity index (χ1) is 9.29. The van der Waals surface area contributed by atoms with Crippen molar-refractivity contribution in [3.8, 4) is 0 Å². The molecular formula is C15H14FN3. The third-order valence-electron chi connectivity index (χ3n) is 3.37. The van der Waals surface area contributed by atoms with Crippen molar-refractivity contribution in [3.63, 3.8) is 0 Å². The number of hydrogen-bond acceptors (Lipinski definition) is 2. The Morgan fingerprint density at radius 1 is 1.21 bits per heavy atom. The second-order valence-corrected chi connectivity index (χ2v) is 4.48. The van der Waals surface area contributed by atoms with Crippen LogP contribution in [-0.4, -0.2) is 16.5 Å². The van der Waals surface area contributed by atoms with Gasteiger partial charge in [0.2, 0.25) is 0 Å². The van der Waals surface area contributed by atoms with Crippen molar-refractivity contribution in [2.75, 3.05) is 6.54 Å². The van der Waals surface area contributed by atoms with E-state index in [4.69, 9.17) is 5.73 Å². The Bertz CT molecular complexity index is 688. The summed E-state index contributed by atoms with van der Waals surface area (Å²) < 4.78 is 13.0. The molecule has 0 saturated heterocycles. The maximum absolute atomic E-state index is 13.0. The van der Waals surface area contributed by atoms with Crippen molar-refractivity contribution in [2.45, 2.75) is 5.92 Å². The Balaban J connectivity index is 2.09. The predicted octanol–water partition coefficient (Wildman–Crippen LogP) is 2.79. The molecule has 4 heteroatoms. The first-order valence-corrected chi connectivity index (χ1v) is 6.17. The molecule has 1 atom stereocenters. The Morgan fingerprint density at radius 3 is 2.74 bits per heavy atom. The van der Waals surface area contributed by atoms with Gasteiger partial charge >= 0.3 is 0 Å². The maximum atomic E-state index is 13.0. The number of H-pyrrole nitrogens is 1. The molecule has 3 aromatic rings. The smallest absolute Gasteiger partial charge is 0.137 e. The highest BCUT2D eigenvalue weighted by atomic mass is 19.1. The van der Waals surface area contributed by atoms with Gasteiger partial charge in [0.1, 0.15) is 11.5 Å². The van der Waals surface area contributed by atoms with Gasteiger partial charge in [-0.05, 0) is 35.4 Å². The number of nitrogens with one attached hydrogen (secondary N) is 1. The second-order valence-electron chi connectivity index (χ2n) is 4.48. The molecule has 2 aromatic heterocycles. The third-order valence-corrected chi connectivity index (χ3v) is 3.37. The lowest BCUT2D eigenvalue weighted by atomic mass is 9.91. The van der Waals surface area contributed by atoms with Crippen LogP contribution < -0.4 is 5.73 Å². The molecule has 3 rings (SSSR count). The van der Waals surface area contributed by atoms with Gasteiger partial charge in [0.05, 0.1) is 0 Å². The van der Waals surface area contributed by atoms with Crippen LogP contribution in [0.5, 0.6) is 0 Å². The van der Waals surface area contributed by atoms with Gasteiger partial charge in [-0.2, -0.15) is 0 Å². The number of benzene rings is 1. The minimum Gasteiger partial charge on any atom is -0.346 e. The number of fused-ring (bicyclic) bond motifs is 1. The summed E-state index contributed by atoms with van der Waals surface area (Å²) in [6.45, 7) is 0.466. The van der Waals surface area contributed by atoms with Gasteiger partial charge in [-0.15, -0.1) is 0 Å². The molecule has 3 N–H and O–H groups in total. The van der Waals surface area contributed by atoms with Crippen LogP contribution in [0, 0.1) is 5.82 Å². The summed E-state index contributed by atoms with van der Waals surface area (Å²) in [6.07, 6.45) is 3.68. The zero-order valence-corrected chi connectivity index (χ0v) is 10.3. The maximum Gasteiger partial charge on any atom is 0.137 e. The van der Waals surface area contributed by atoms with Crippen LogP contribution in [0.25, 0.3) is 11.0 Å². The minimum atomic E-state index is -0.236. The third kappa shape index (κ3) is 2.11. The number of nitrogens with two attached hydrogens (primary N) is 1. The molecule has 0 amide bonds. The Labute approximate surface area is 110 Å². The van der Waals surface area contributed by atoms with E-state index in [-0.39, 0.29) is 11.7 Å². The summed E-state index contributed by atoms with van der Waals surface area (Å²) in [7, 11) is 0. The van der Waals surface area contributed by atoms with E-state index in [2.05, 4.69) is 9.97 Å². The van der Waals surface area contributed by atoms with Crippen molar-refractivity contribution in [3.05, 3.63) is 65.7 Å². The van der Waals surface area contributed by atoms with Crippen LogP contribution in [0.1, 0.15) is 17.0 Å². The van der Waals surface area contributed by atoms with E-state index in [1.165, 1.54) is 12.1 Å². The van der Waals surface area contributed by atoms with Crippen molar-refractivity contribution in [1.29, 1.82) is 0 Å². The van der Waals surface area contributed by atoms with Gasteiger partial charge in [-0.3, -0.25) is 0 Å². The molecule has 0 aliphatic heterocycles. The Kier molecular flexibility index (Phi) is 3.01. The number of pyridine rings is 1. The van der Waals surface area contributed by atoms with Gasteiger partial charge in [-0.25, -0.2) is 9.37 Å². The van der Waals surface area contributed by atoms with Crippen LogP contribution in [0.3, 0.4) is 0 Å². The fourth-order valence-corrected chi connectivity index (χ4v) is 2.40. The number of nitrogens with zero attached hydrogens (tertiary/aromatic N) is 1. The normalized spacial score (nSPS) is 12.7. The zero-order valence-electron chi connectivity index (χ0n) is 10.3. The van der Waals surface area contributed by atoms with Crippen molar-refractivity contribution in [1.82, 2.24) is 9.97 Å². The lowest BCUT2D eigenvalue weighted by Gasteiger charge is -2.14. The van der Waals surface area contributed by atoms with Gasteiger partial charge in [-0.1, -0.05) is 12.1 Å². The second kappa shape index (κ2) is 4.82. The summed E-state index contributed by atoms with van der Waals surface area (Å²) in [6, 6.07) is 10.4. The zero-order chi connectivity index (χ0) is 13.2. The molecule has 0 bridgehead atoms. The van der Waals surface area contributed by atoms with Gasteiger partial charge in [0.25, 0.3) is 0 Å². The van der Waals surface area contributed by atoms with E-state index < -0.39 is 0 Å². The summed E-state index contributed by atoms with van der Waals surface area (Å²) >= 11 is 0. The quantitative estimate of drug-likeness (QED) is 0.756. The fraction of sp³-hybridized carbons (Fsp3) is 0.133. The lowest BCUT2D eigenvalue weighted by Crippen LogP contribution is -2.13. The Hall–Kier alpha value is -2.20. The average molecular weight is 255 g/mol. The van der Waals surface area contributed by atoms with Crippen LogP contribution in [-0.2, 0) is 0 Å².